The van der Waals surface area contributed by atoms with Gasteiger partial charge in [0.2, 0.25) is 0 Å². The van der Waals surface area contributed by atoms with Gasteiger partial charge < -0.3 is 0 Å². The third-order valence-electron chi connectivity index (χ3n) is 4.04. The van der Waals surface area contributed by atoms with Gasteiger partial charge in [-0.1, -0.05) is 25.8 Å². The number of ketones is 1. The van der Waals surface area contributed by atoms with E-state index in [0.29, 0.717) is 18.8 Å². The van der Waals surface area contributed by atoms with Crippen molar-refractivity contribution in [2.45, 2.75) is 45.4 Å². The Kier molecular flexibility index (Phi) is 4.67. The molecule has 104 valence electrons. The first-order chi connectivity index (χ1) is 9.10. The SMILES string of the molecule is CCCC1CCC(=O)C(Cc2ccc(F)c(F)c2)C1. The van der Waals surface area contributed by atoms with Crippen LogP contribution in [0.2, 0.25) is 0 Å². The first-order valence-corrected chi connectivity index (χ1v) is 7.06. The van der Waals surface area contributed by atoms with Crippen molar-refractivity contribution in [2.24, 2.45) is 11.8 Å². The van der Waals surface area contributed by atoms with Crippen LogP contribution in [0.5, 0.6) is 0 Å². The third kappa shape index (κ3) is 3.62. The first-order valence-electron chi connectivity index (χ1n) is 7.06. The van der Waals surface area contributed by atoms with Gasteiger partial charge in [-0.25, -0.2) is 8.78 Å². The van der Waals surface area contributed by atoms with Gasteiger partial charge in [0.1, 0.15) is 5.78 Å². The lowest BCUT2D eigenvalue weighted by atomic mass is 9.76. The summed E-state index contributed by atoms with van der Waals surface area (Å²) in [5.41, 5.74) is 0.717. The summed E-state index contributed by atoms with van der Waals surface area (Å²) in [5.74, 6) is -0.793. The van der Waals surface area contributed by atoms with E-state index in [-0.39, 0.29) is 11.7 Å². The third-order valence-corrected chi connectivity index (χ3v) is 4.04. The molecule has 1 aliphatic carbocycles. The average molecular weight is 266 g/mol. The molecule has 3 heteroatoms. The highest BCUT2D eigenvalue weighted by Crippen LogP contribution is 2.31. The summed E-state index contributed by atoms with van der Waals surface area (Å²) in [5, 5.41) is 0. The number of carbonyl (C=O) groups is 1. The van der Waals surface area contributed by atoms with Gasteiger partial charge in [0, 0.05) is 12.3 Å². The van der Waals surface area contributed by atoms with Gasteiger partial charge in [0.05, 0.1) is 0 Å². The molecule has 1 aromatic carbocycles. The van der Waals surface area contributed by atoms with E-state index in [4.69, 9.17) is 0 Å². The lowest BCUT2D eigenvalue weighted by molar-refractivity contribution is -0.125. The molecule has 0 aliphatic heterocycles. The molecule has 0 aromatic heterocycles. The second-order valence-corrected chi connectivity index (χ2v) is 5.54. The Morgan fingerprint density at radius 2 is 2.05 bits per heavy atom. The molecular formula is C16H20F2O. The molecule has 0 radical (unpaired) electrons. The number of rotatable bonds is 4. The number of halogens is 2. The van der Waals surface area contributed by atoms with Crippen molar-refractivity contribution in [1.29, 1.82) is 0 Å². The van der Waals surface area contributed by atoms with E-state index in [1.807, 2.05) is 0 Å². The van der Waals surface area contributed by atoms with Crippen LogP contribution in [0, 0.1) is 23.5 Å². The van der Waals surface area contributed by atoms with Gasteiger partial charge in [-0.2, -0.15) is 0 Å². The Hall–Kier alpha value is -1.25. The average Bonchev–Trinajstić information content (AvgIpc) is 2.38. The van der Waals surface area contributed by atoms with Crippen molar-refractivity contribution in [3.05, 3.63) is 35.4 Å². The molecule has 0 spiro atoms. The van der Waals surface area contributed by atoms with Gasteiger partial charge >= 0.3 is 0 Å². The van der Waals surface area contributed by atoms with Gasteiger partial charge in [-0.3, -0.25) is 4.79 Å². The second-order valence-electron chi connectivity index (χ2n) is 5.54. The summed E-state index contributed by atoms with van der Waals surface area (Å²) in [6.45, 7) is 2.15. The maximum Gasteiger partial charge on any atom is 0.159 e. The second kappa shape index (κ2) is 6.27. The molecule has 19 heavy (non-hydrogen) atoms. The molecule has 1 aromatic rings. The standard InChI is InChI=1S/C16H20F2O/c1-2-3-11-5-7-16(19)13(8-11)9-12-4-6-14(17)15(18)10-12/h4,6,10-11,13H,2-3,5,7-9H2,1H3. The van der Waals surface area contributed by atoms with E-state index in [0.717, 1.165) is 37.3 Å². The molecule has 2 rings (SSSR count). The maximum atomic E-state index is 13.2. The number of carbonyl (C=O) groups excluding carboxylic acids is 1. The van der Waals surface area contributed by atoms with Crippen LogP contribution in [0.4, 0.5) is 8.78 Å². The van der Waals surface area contributed by atoms with Crippen LogP contribution in [0.25, 0.3) is 0 Å². The zero-order valence-electron chi connectivity index (χ0n) is 11.3. The molecular weight excluding hydrogens is 246 g/mol. The minimum Gasteiger partial charge on any atom is -0.299 e. The molecule has 2 unspecified atom stereocenters. The highest BCUT2D eigenvalue weighted by atomic mass is 19.2. The molecule has 1 nitrogen and oxygen atoms in total. The van der Waals surface area contributed by atoms with Gasteiger partial charge in [0.25, 0.3) is 0 Å². The molecule has 0 heterocycles. The maximum absolute atomic E-state index is 13.2. The van der Waals surface area contributed by atoms with E-state index in [2.05, 4.69) is 6.92 Å². The van der Waals surface area contributed by atoms with Crippen molar-refractivity contribution in [3.8, 4) is 0 Å². The monoisotopic (exact) mass is 266 g/mol. The fraction of sp³-hybridized carbons (Fsp3) is 0.562. The zero-order chi connectivity index (χ0) is 13.8. The van der Waals surface area contributed by atoms with Crippen LogP contribution in [0.15, 0.2) is 18.2 Å². The Balaban J connectivity index is 2.03. The van der Waals surface area contributed by atoms with Crippen molar-refractivity contribution in [3.63, 3.8) is 0 Å². The topological polar surface area (TPSA) is 17.1 Å². The molecule has 0 amide bonds. The molecule has 0 bridgehead atoms. The van der Waals surface area contributed by atoms with Gasteiger partial charge in [0.15, 0.2) is 11.6 Å². The Bertz CT molecular complexity index is 456. The Morgan fingerprint density at radius 3 is 2.74 bits per heavy atom. The van der Waals surface area contributed by atoms with Crippen LogP contribution < -0.4 is 0 Å². The van der Waals surface area contributed by atoms with Crippen molar-refractivity contribution in [2.75, 3.05) is 0 Å². The number of benzene rings is 1. The fourth-order valence-electron chi connectivity index (χ4n) is 3.02. The largest absolute Gasteiger partial charge is 0.299 e. The molecule has 0 saturated heterocycles. The van der Waals surface area contributed by atoms with E-state index in [9.17, 15) is 13.6 Å². The van der Waals surface area contributed by atoms with E-state index in [1.54, 1.807) is 6.07 Å². The summed E-state index contributed by atoms with van der Waals surface area (Å²) in [6.07, 6.45) is 5.35. The predicted octanol–water partition coefficient (Wildman–Crippen LogP) is 4.29. The lowest BCUT2D eigenvalue weighted by Gasteiger charge is -2.28. The summed E-state index contributed by atoms with van der Waals surface area (Å²) >= 11 is 0. The number of hydrogen-bond donors (Lipinski definition) is 0. The summed E-state index contributed by atoms with van der Waals surface area (Å²) in [4.78, 5) is 11.9. The first kappa shape index (κ1) is 14.2. The van der Waals surface area contributed by atoms with Crippen molar-refractivity contribution in [1.82, 2.24) is 0 Å². The Labute approximate surface area is 113 Å². The lowest BCUT2D eigenvalue weighted by Crippen LogP contribution is -2.26. The van der Waals surface area contributed by atoms with Gasteiger partial charge in [-0.05, 0) is 42.9 Å². The quantitative estimate of drug-likeness (QED) is 0.794. The van der Waals surface area contributed by atoms with Crippen LogP contribution in [0.1, 0.15) is 44.6 Å². The van der Waals surface area contributed by atoms with E-state index in [1.165, 1.54) is 6.07 Å². The van der Waals surface area contributed by atoms with Crippen molar-refractivity contribution >= 4 is 5.78 Å². The van der Waals surface area contributed by atoms with E-state index >= 15 is 0 Å². The number of hydrogen-bond acceptors (Lipinski definition) is 1. The van der Waals surface area contributed by atoms with Gasteiger partial charge in [-0.15, -0.1) is 0 Å². The zero-order valence-corrected chi connectivity index (χ0v) is 11.3. The van der Waals surface area contributed by atoms with Crippen LogP contribution in [-0.4, -0.2) is 5.78 Å². The molecule has 0 N–H and O–H groups in total. The highest BCUT2D eigenvalue weighted by molar-refractivity contribution is 5.82. The van der Waals surface area contributed by atoms with Crippen LogP contribution in [0.3, 0.4) is 0 Å². The predicted molar refractivity (Wildman–Crippen MR) is 70.8 cm³/mol. The van der Waals surface area contributed by atoms with Crippen LogP contribution >= 0.6 is 0 Å². The Morgan fingerprint density at radius 1 is 1.26 bits per heavy atom. The summed E-state index contributed by atoms with van der Waals surface area (Å²) in [7, 11) is 0. The van der Waals surface area contributed by atoms with Crippen molar-refractivity contribution < 1.29 is 13.6 Å². The molecule has 1 saturated carbocycles. The minimum absolute atomic E-state index is 0.0184. The molecule has 1 fully saturated rings. The molecule has 2 atom stereocenters. The van der Waals surface area contributed by atoms with E-state index < -0.39 is 11.6 Å². The smallest absolute Gasteiger partial charge is 0.159 e. The summed E-state index contributed by atoms with van der Waals surface area (Å²) in [6, 6.07) is 3.93. The fourth-order valence-corrected chi connectivity index (χ4v) is 3.02. The molecule has 1 aliphatic rings. The minimum atomic E-state index is -0.831. The number of Topliss-reactive ketones (excluding diaryl/α,β-unsaturated/α-hetero) is 1. The normalized spacial score (nSPS) is 23.6. The highest BCUT2D eigenvalue weighted by Gasteiger charge is 2.28. The summed E-state index contributed by atoms with van der Waals surface area (Å²) < 4.78 is 26.0. The van der Waals surface area contributed by atoms with Crippen LogP contribution in [-0.2, 0) is 11.2 Å².